The Morgan fingerprint density at radius 3 is 2.52 bits per heavy atom. The lowest BCUT2D eigenvalue weighted by Gasteiger charge is -2.30. The standard InChI is InChI=1S/C16H15F2NO2/c1-20-12-2-3-15-13(7-12)14(19)8-16(21-15)9-4-10(17)6-11(18)5-9/h2-7,14,16H,8,19H2,1H3/t14-,16?/m0/s1. The number of benzene rings is 2. The number of fused-ring (bicyclic) bond motifs is 1. The zero-order valence-electron chi connectivity index (χ0n) is 11.5. The summed E-state index contributed by atoms with van der Waals surface area (Å²) >= 11 is 0. The van der Waals surface area contributed by atoms with Gasteiger partial charge in [-0.3, -0.25) is 0 Å². The molecule has 110 valence electrons. The molecule has 1 aliphatic rings. The van der Waals surface area contributed by atoms with E-state index in [0.29, 0.717) is 23.5 Å². The number of halogens is 2. The van der Waals surface area contributed by atoms with Crippen molar-refractivity contribution < 1.29 is 18.3 Å². The molecule has 5 heteroatoms. The second-order valence-electron chi connectivity index (χ2n) is 5.06. The molecule has 3 nitrogen and oxygen atoms in total. The Bertz CT molecular complexity index is 655. The molecule has 21 heavy (non-hydrogen) atoms. The quantitative estimate of drug-likeness (QED) is 0.921. The fourth-order valence-corrected chi connectivity index (χ4v) is 2.57. The van der Waals surface area contributed by atoms with Crippen molar-refractivity contribution in [2.45, 2.75) is 18.6 Å². The third-order valence-corrected chi connectivity index (χ3v) is 3.61. The van der Waals surface area contributed by atoms with Gasteiger partial charge in [0.05, 0.1) is 7.11 Å². The third-order valence-electron chi connectivity index (χ3n) is 3.61. The van der Waals surface area contributed by atoms with Crippen LogP contribution in [0.5, 0.6) is 11.5 Å². The van der Waals surface area contributed by atoms with Crippen molar-refractivity contribution in [3.05, 3.63) is 59.2 Å². The second-order valence-corrected chi connectivity index (χ2v) is 5.06. The topological polar surface area (TPSA) is 44.5 Å². The SMILES string of the molecule is COc1ccc2c(c1)[C@@H](N)CC(c1cc(F)cc(F)c1)O2. The summed E-state index contributed by atoms with van der Waals surface area (Å²) in [6, 6.07) is 8.45. The summed E-state index contributed by atoms with van der Waals surface area (Å²) < 4.78 is 37.7. The fourth-order valence-electron chi connectivity index (χ4n) is 2.57. The van der Waals surface area contributed by atoms with Gasteiger partial charge in [-0.05, 0) is 35.9 Å². The van der Waals surface area contributed by atoms with Crippen LogP contribution < -0.4 is 15.2 Å². The van der Waals surface area contributed by atoms with Crippen molar-refractivity contribution in [3.8, 4) is 11.5 Å². The van der Waals surface area contributed by atoms with Gasteiger partial charge in [-0.25, -0.2) is 8.78 Å². The van der Waals surface area contributed by atoms with E-state index in [2.05, 4.69) is 0 Å². The summed E-state index contributed by atoms with van der Waals surface area (Å²) in [5.74, 6) is 0.0673. The maximum atomic E-state index is 13.3. The van der Waals surface area contributed by atoms with Gasteiger partial charge in [0.25, 0.3) is 0 Å². The van der Waals surface area contributed by atoms with E-state index >= 15 is 0 Å². The minimum Gasteiger partial charge on any atom is -0.497 e. The van der Waals surface area contributed by atoms with Gasteiger partial charge in [0.15, 0.2) is 0 Å². The van der Waals surface area contributed by atoms with Crippen molar-refractivity contribution in [1.29, 1.82) is 0 Å². The van der Waals surface area contributed by atoms with Crippen LogP contribution in [-0.4, -0.2) is 7.11 Å². The van der Waals surface area contributed by atoms with E-state index < -0.39 is 17.7 Å². The van der Waals surface area contributed by atoms with Crippen LogP contribution in [0.4, 0.5) is 8.78 Å². The van der Waals surface area contributed by atoms with Crippen LogP contribution in [0.3, 0.4) is 0 Å². The minimum absolute atomic E-state index is 0.278. The summed E-state index contributed by atoms with van der Waals surface area (Å²) in [7, 11) is 1.58. The van der Waals surface area contributed by atoms with Crippen LogP contribution in [-0.2, 0) is 0 Å². The summed E-state index contributed by atoms with van der Waals surface area (Å²) in [6.07, 6.45) is -0.0191. The molecule has 1 aliphatic heterocycles. The molecular formula is C16H15F2NO2. The number of hydrogen-bond acceptors (Lipinski definition) is 3. The Labute approximate surface area is 121 Å². The largest absolute Gasteiger partial charge is 0.497 e. The van der Waals surface area contributed by atoms with Gasteiger partial charge < -0.3 is 15.2 Å². The Kier molecular flexibility index (Phi) is 3.51. The molecule has 0 radical (unpaired) electrons. The van der Waals surface area contributed by atoms with E-state index in [9.17, 15) is 8.78 Å². The maximum absolute atomic E-state index is 13.3. The predicted molar refractivity (Wildman–Crippen MR) is 74.3 cm³/mol. The van der Waals surface area contributed by atoms with Gasteiger partial charge in [0.2, 0.25) is 0 Å². The molecule has 2 aromatic carbocycles. The molecule has 0 spiro atoms. The van der Waals surface area contributed by atoms with E-state index in [4.69, 9.17) is 15.2 Å². The number of rotatable bonds is 2. The number of nitrogens with two attached hydrogens (primary N) is 1. The van der Waals surface area contributed by atoms with Crippen LogP contribution in [0.15, 0.2) is 36.4 Å². The van der Waals surface area contributed by atoms with Crippen LogP contribution in [0.1, 0.15) is 29.7 Å². The average molecular weight is 291 g/mol. The predicted octanol–water partition coefficient (Wildman–Crippen LogP) is 3.50. The highest BCUT2D eigenvalue weighted by atomic mass is 19.1. The van der Waals surface area contributed by atoms with Crippen LogP contribution in [0.25, 0.3) is 0 Å². The smallest absolute Gasteiger partial charge is 0.126 e. The first-order chi connectivity index (χ1) is 10.1. The molecule has 2 aromatic rings. The normalized spacial score (nSPS) is 20.6. The lowest BCUT2D eigenvalue weighted by Crippen LogP contribution is -2.24. The highest BCUT2D eigenvalue weighted by Crippen LogP contribution is 2.41. The summed E-state index contributed by atoms with van der Waals surface area (Å²) in [6.45, 7) is 0. The van der Waals surface area contributed by atoms with E-state index in [-0.39, 0.29) is 6.04 Å². The van der Waals surface area contributed by atoms with Gasteiger partial charge in [-0.1, -0.05) is 0 Å². The lowest BCUT2D eigenvalue weighted by molar-refractivity contribution is 0.160. The molecule has 0 saturated carbocycles. The fraction of sp³-hybridized carbons (Fsp3) is 0.250. The van der Waals surface area contributed by atoms with Crippen LogP contribution in [0.2, 0.25) is 0 Å². The highest BCUT2D eigenvalue weighted by Gasteiger charge is 2.28. The lowest BCUT2D eigenvalue weighted by atomic mass is 9.93. The first kappa shape index (κ1) is 13.8. The molecule has 2 atom stereocenters. The molecule has 0 bridgehead atoms. The van der Waals surface area contributed by atoms with Crippen molar-refractivity contribution in [2.24, 2.45) is 5.73 Å². The summed E-state index contributed by atoms with van der Waals surface area (Å²) in [5.41, 5.74) is 7.43. The van der Waals surface area contributed by atoms with Crippen LogP contribution in [0, 0.1) is 11.6 Å². The molecule has 0 aromatic heterocycles. The highest BCUT2D eigenvalue weighted by molar-refractivity contribution is 5.44. The second kappa shape index (κ2) is 5.33. The number of ether oxygens (including phenoxy) is 2. The molecule has 1 heterocycles. The Balaban J connectivity index is 1.94. The van der Waals surface area contributed by atoms with Gasteiger partial charge >= 0.3 is 0 Å². The molecule has 0 amide bonds. The monoisotopic (exact) mass is 291 g/mol. The minimum atomic E-state index is -0.623. The molecule has 0 saturated heterocycles. The molecule has 2 N–H and O–H groups in total. The third kappa shape index (κ3) is 2.69. The number of hydrogen-bond donors (Lipinski definition) is 1. The van der Waals surface area contributed by atoms with E-state index in [1.165, 1.54) is 12.1 Å². The Morgan fingerprint density at radius 1 is 1.14 bits per heavy atom. The average Bonchev–Trinajstić information content (AvgIpc) is 2.46. The van der Waals surface area contributed by atoms with E-state index in [1.807, 2.05) is 6.07 Å². The Hall–Kier alpha value is -2.14. The van der Waals surface area contributed by atoms with Gasteiger partial charge in [0.1, 0.15) is 29.2 Å². The molecule has 0 fully saturated rings. The molecule has 1 unspecified atom stereocenters. The van der Waals surface area contributed by atoms with E-state index in [1.54, 1.807) is 19.2 Å². The zero-order valence-corrected chi connectivity index (χ0v) is 11.5. The molecule has 0 aliphatic carbocycles. The van der Waals surface area contributed by atoms with Crippen molar-refractivity contribution >= 4 is 0 Å². The Morgan fingerprint density at radius 2 is 1.86 bits per heavy atom. The zero-order chi connectivity index (χ0) is 15.0. The van der Waals surface area contributed by atoms with Crippen molar-refractivity contribution in [3.63, 3.8) is 0 Å². The first-order valence-corrected chi connectivity index (χ1v) is 6.63. The van der Waals surface area contributed by atoms with Gasteiger partial charge in [-0.15, -0.1) is 0 Å². The van der Waals surface area contributed by atoms with Gasteiger partial charge in [0, 0.05) is 24.1 Å². The molecular weight excluding hydrogens is 276 g/mol. The molecule has 3 rings (SSSR count). The number of methoxy groups -OCH3 is 1. The van der Waals surface area contributed by atoms with Crippen molar-refractivity contribution in [1.82, 2.24) is 0 Å². The summed E-state index contributed by atoms with van der Waals surface area (Å²) in [4.78, 5) is 0. The van der Waals surface area contributed by atoms with Crippen molar-refractivity contribution in [2.75, 3.05) is 7.11 Å². The first-order valence-electron chi connectivity index (χ1n) is 6.63. The summed E-state index contributed by atoms with van der Waals surface area (Å²) in [5, 5.41) is 0. The van der Waals surface area contributed by atoms with Crippen LogP contribution >= 0.6 is 0 Å². The van der Waals surface area contributed by atoms with E-state index in [0.717, 1.165) is 11.6 Å². The maximum Gasteiger partial charge on any atom is 0.126 e. The van der Waals surface area contributed by atoms with Gasteiger partial charge in [-0.2, -0.15) is 0 Å².